The number of nitrogens with zero attached hydrogens (tertiary/aromatic N) is 3. The van der Waals surface area contributed by atoms with Crippen LogP contribution in [0.3, 0.4) is 0 Å². The molecule has 0 aliphatic carbocycles. The number of amides is 1. The van der Waals surface area contributed by atoms with Crippen molar-refractivity contribution in [2.75, 3.05) is 13.1 Å². The molecule has 1 amide bonds. The number of carbonyl (C=O) groups excluding carboxylic acids is 1. The van der Waals surface area contributed by atoms with Gasteiger partial charge in [0.2, 0.25) is 5.91 Å². The predicted octanol–water partition coefficient (Wildman–Crippen LogP) is 1.93. The Morgan fingerprint density at radius 3 is 2.92 bits per heavy atom. The van der Waals surface area contributed by atoms with Gasteiger partial charge in [-0.15, -0.1) is 11.3 Å². The summed E-state index contributed by atoms with van der Waals surface area (Å²) in [6.45, 7) is 8.42. The average molecular weight is 347 g/mol. The second kappa shape index (κ2) is 7.03. The first-order chi connectivity index (χ1) is 11.5. The standard InChI is InChI=1S/C17H25N5OS/c1-10(2)16-11(3)24-15(21-16)8-19-17(23)14-7-18-6-13(14)12-5-20-22(4)9-12/h5,9-10,13-14,18H,6-8H2,1-4H3,(H,19,23)/t13-,14+/m1/s1. The molecule has 3 heterocycles. The highest BCUT2D eigenvalue weighted by Gasteiger charge is 2.34. The Balaban J connectivity index is 1.63. The van der Waals surface area contributed by atoms with E-state index in [0.29, 0.717) is 19.0 Å². The number of aromatic nitrogens is 3. The van der Waals surface area contributed by atoms with Crippen molar-refractivity contribution in [3.63, 3.8) is 0 Å². The van der Waals surface area contributed by atoms with Crippen LogP contribution in [-0.4, -0.2) is 33.8 Å². The van der Waals surface area contributed by atoms with Crippen molar-refractivity contribution >= 4 is 17.2 Å². The molecule has 24 heavy (non-hydrogen) atoms. The molecule has 0 aromatic carbocycles. The Morgan fingerprint density at radius 2 is 2.29 bits per heavy atom. The minimum atomic E-state index is -0.0557. The molecular weight excluding hydrogens is 322 g/mol. The fraction of sp³-hybridized carbons (Fsp3) is 0.588. The first kappa shape index (κ1) is 17.1. The maximum atomic E-state index is 12.6. The van der Waals surface area contributed by atoms with Crippen LogP contribution in [0.25, 0.3) is 0 Å². The summed E-state index contributed by atoms with van der Waals surface area (Å²) in [6, 6.07) is 0. The molecule has 1 fully saturated rings. The van der Waals surface area contributed by atoms with Crippen molar-refractivity contribution in [2.45, 2.75) is 39.2 Å². The molecular formula is C17H25N5OS. The average Bonchev–Trinajstić information content (AvgIpc) is 3.23. The van der Waals surface area contributed by atoms with E-state index in [2.05, 4.69) is 41.5 Å². The zero-order chi connectivity index (χ0) is 17.3. The predicted molar refractivity (Wildman–Crippen MR) is 95.1 cm³/mol. The van der Waals surface area contributed by atoms with Gasteiger partial charge in [-0.25, -0.2) is 4.98 Å². The van der Waals surface area contributed by atoms with Gasteiger partial charge in [-0.3, -0.25) is 9.48 Å². The highest BCUT2D eigenvalue weighted by Crippen LogP contribution is 2.28. The van der Waals surface area contributed by atoms with E-state index in [0.717, 1.165) is 22.8 Å². The molecule has 6 nitrogen and oxygen atoms in total. The Morgan fingerprint density at radius 1 is 1.50 bits per heavy atom. The van der Waals surface area contributed by atoms with E-state index in [1.807, 2.05) is 19.4 Å². The molecule has 2 atom stereocenters. The van der Waals surface area contributed by atoms with Gasteiger partial charge in [-0.2, -0.15) is 5.10 Å². The summed E-state index contributed by atoms with van der Waals surface area (Å²) in [4.78, 5) is 18.5. The first-order valence-corrected chi connectivity index (χ1v) is 9.20. The summed E-state index contributed by atoms with van der Waals surface area (Å²) >= 11 is 1.67. The van der Waals surface area contributed by atoms with E-state index < -0.39 is 0 Å². The van der Waals surface area contributed by atoms with Gasteiger partial charge < -0.3 is 10.6 Å². The summed E-state index contributed by atoms with van der Waals surface area (Å²) in [7, 11) is 1.90. The highest BCUT2D eigenvalue weighted by atomic mass is 32.1. The second-order valence-electron chi connectivity index (χ2n) is 6.74. The van der Waals surface area contributed by atoms with Crippen LogP contribution in [0.1, 0.15) is 46.8 Å². The molecule has 130 valence electrons. The molecule has 1 aliphatic rings. The monoisotopic (exact) mass is 347 g/mol. The third-order valence-electron chi connectivity index (χ3n) is 4.54. The number of hydrogen-bond donors (Lipinski definition) is 2. The molecule has 2 aromatic rings. The maximum absolute atomic E-state index is 12.6. The molecule has 0 radical (unpaired) electrons. The van der Waals surface area contributed by atoms with Crippen molar-refractivity contribution < 1.29 is 4.79 Å². The number of hydrogen-bond acceptors (Lipinski definition) is 5. The van der Waals surface area contributed by atoms with Crippen molar-refractivity contribution in [1.82, 2.24) is 25.4 Å². The van der Waals surface area contributed by atoms with Gasteiger partial charge in [0.05, 0.1) is 24.4 Å². The second-order valence-corrected chi connectivity index (χ2v) is 8.03. The topological polar surface area (TPSA) is 71.8 Å². The van der Waals surface area contributed by atoms with Crippen molar-refractivity contribution in [3.05, 3.63) is 33.5 Å². The lowest BCUT2D eigenvalue weighted by Gasteiger charge is -2.16. The van der Waals surface area contributed by atoms with Crippen LogP contribution in [0, 0.1) is 12.8 Å². The Kier molecular flexibility index (Phi) is 5.01. The molecule has 1 aliphatic heterocycles. The van der Waals surface area contributed by atoms with Crippen LogP contribution in [0.2, 0.25) is 0 Å². The lowest BCUT2D eigenvalue weighted by molar-refractivity contribution is -0.125. The Labute approximate surface area is 146 Å². The zero-order valence-corrected chi connectivity index (χ0v) is 15.5. The molecule has 0 saturated carbocycles. The van der Waals surface area contributed by atoms with Crippen LogP contribution in [0.5, 0.6) is 0 Å². The van der Waals surface area contributed by atoms with Gasteiger partial charge in [0.1, 0.15) is 5.01 Å². The third kappa shape index (κ3) is 3.52. The Hall–Kier alpha value is -1.73. The van der Waals surface area contributed by atoms with Crippen LogP contribution < -0.4 is 10.6 Å². The Bertz CT molecular complexity index is 720. The largest absolute Gasteiger partial charge is 0.349 e. The number of aryl methyl sites for hydroxylation is 2. The third-order valence-corrected chi connectivity index (χ3v) is 5.53. The number of nitrogens with one attached hydrogen (secondary N) is 2. The number of rotatable bonds is 5. The zero-order valence-electron chi connectivity index (χ0n) is 14.7. The van der Waals surface area contributed by atoms with E-state index in [9.17, 15) is 4.79 Å². The number of carbonyl (C=O) groups is 1. The van der Waals surface area contributed by atoms with Crippen molar-refractivity contribution in [1.29, 1.82) is 0 Å². The molecule has 0 spiro atoms. The van der Waals surface area contributed by atoms with Crippen LogP contribution in [0.15, 0.2) is 12.4 Å². The van der Waals surface area contributed by atoms with E-state index in [1.54, 1.807) is 16.0 Å². The minimum absolute atomic E-state index is 0.0557. The van der Waals surface area contributed by atoms with Gasteiger partial charge >= 0.3 is 0 Å². The van der Waals surface area contributed by atoms with Crippen LogP contribution >= 0.6 is 11.3 Å². The van der Waals surface area contributed by atoms with E-state index in [1.165, 1.54) is 4.88 Å². The molecule has 2 N–H and O–H groups in total. The normalized spacial score (nSPS) is 20.7. The SMILES string of the molecule is Cc1sc(CNC(=O)[C@H]2CNC[C@@H]2c2cnn(C)c2)nc1C(C)C. The van der Waals surface area contributed by atoms with Crippen LogP contribution in [-0.2, 0) is 18.4 Å². The van der Waals surface area contributed by atoms with Gasteiger partial charge in [-0.1, -0.05) is 13.8 Å². The highest BCUT2D eigenvalue weighted by molar-refractivity contribution is 7.11. The smallest absolute Gasteiger partial charge is 0.225 e. The summed E-state index contributed by atoms with van der Waals surface area (Å²) in [6.07, 6.45) is 3.86. The minimum Gasteiger partial charge on any atom is -0.349 e. The molecule has 7 heteroatoms. The van der Waals surface area contributed by atoms with Gasteiger partial charge in [0.15, 0.2) is 0 Å². The summed E-state index contributed by atoms with van der Waals surface area (Å²) in [5, 5.41) is 11.6. The van der Waals surface area contributed by atoms with Gasteiger partial charge in [0.25, 0.3) is 0 Å². The first-order valence-electron chi connectivity index (χ1n) is 8.39. The van der Waals surface area contributed by atoms with E-state index >= 15 is 0 Å². The maximum Gasteiger partial charge on any atom is 0.225 e. The molecule has 0 bridgehead atoms. The molecule has 0 unspecified atom stereocenters. The van der Waals surface area contributed by atoms with Gasteiger partial charge in [-0.05, 0) is 18.4 Å². The van der Waals surface area contributed by atoms with Crippen molar-refractivity contribution in [2.24, 2.45) is 13.0 Å². The fourth-order valence-electron chi connectivity index (χ4n) is 3.31. The summed E-state index contributed by atoms with van der Waals surface area (Å²) in [5.74, 6) is 0.635. The van der Waals surface area contributed by atoms with Gasteiger partial charge in [0, 0.05) is 37.1 Å². The number of thiazole rings is 1. The summed E-state index contributed by atoms with van der Waals surface area (Å²) in [5.41, 5.74) is 2.26. The molecule has 3 rings (SSSR count). The van der Waals surface area contributed by atoms with Crippen LogP contribution in [0.4, 0.5) is 0 Å². The van der Waals surface area contributed by atoms with E-state index in [4.69, 9.17) is 0 Å². The molecule has 1 saturated heterocycles. The lowest BCUT2D eigenvalue weighted by Crippen LogP contribution is -2.33. The molecule has 2 aromatic heterocycles. The lowest BCUT2D eigenvalue weighted by atomic mass is 9.90. The van der Waals surface area contributed by atoms with Crippen molar-refractivity contribution in [3.8, 4) is 0 Å². The fourth-order valence-corrected chi connectivity index (χ4v) is 4.33. The quantitative estimate of drug-likeness (QED) is 0.867. The summed E-state index contributed by atoms with van der Waals surface area (Å²) < 4.78 is 1.79. The van der Waals surface area contributed by atoms with E-state index in [-0.39, 0.29) is 17.7 Å².